The minimum Gasteiger partial charge on any atom is -0.492 e. The lowest BCUT2D eigenvalue weighted by Gasteiger charge is -2.10. The molecule has 0 unspecified atom stereocenters. The maximum absolute atomic E-state index is 12.4. The van der Waals surface area contributed by atoms with Crippen molar-refractivity contribution in [2.45, 2.75) is 6.92 Å². The Labute approximate surface area is 127 Å². The molecule has 0 saturated heterocycles. The molecule has 0 bridgehead atoms. The van der Waals surface area contributed by atoms with Crippen molar-refractivity contribution in [2.24, 2.45) is 5.73 Å². The van der Waals surface area contributed by atoms with E-state index in [1.54, 1.807) is 0 Å². The van der Waals surface area contributed by atoms with Crippen LogP contribution in [0.4, 0.5) is 5.69 Å². The molecule has 0 aliphatic rings. The predicted octanol–water partition coefficient (Wildman–Crippen LogP) is 2.71. The van der Waals surface area contributed by atoms with Crippen LogP contribution in [0.5, 0.6) is 5.75 Å². The van der Waals surface area contributed by atoms with Gasteiger partial charge in [0.05, 0.1) is 18.8 Å². The van der Waals surface area contributed by atoms with Gasteiger partial charge in [-0.2, -0.15) is 0 Å². The van der Waals surface area contributed by atoms with E-state index in [1.165, 1.54) is 11.3 Å². The fourth-order valence-electron chi connectivity index (χ4n) is 1.76. The van der Waals surface area contributed by atoms with Crippen molar-refractivity contribution in [3.8, 4) is 17.6 Å². The highest BCUT2D eigenvalue weighted by Crippen LogP contribution is 2.25. The molecule has 21 heavy (non-hydrogen) atoms. The monoisotopic (exact) mass is 300 g/mol. The number of anilines is 1. The first-order chi connectivity index (χ1) is 10.3. The van der Waals surface area contributed by atoms with E-state index in [0.29, 0.717) is 28.5 Å². The zero-order valence-electron chi connectivity index (χ0n) is 11.7. The van der Waals surface area contributed by atoms with Gasteiger partial charge in [-0.25, -0.2) is 0 Å². The molecule has 1 heterocycles. The van der Waals surface area contributed by atoms with Gasteiger partial charge in [0.25, 0.3) is 5.91 Å². The Kier molecular flexibility index (Phi) is 5.38. The maximum atomic E-state index is 12.4. The molecular formula is C16H16N2O2S. The van der Waals surface area contributed by atoms with Crippen molar-refractivity contribution in [1.82, 2.24) is 0 Å². The normalized spacial score (nSPS) is 9.62. The number of ether oxygens (including phenoxy) is 1. The highest BCUT2D eigenvalue weighted by Gasteiger charge is 2.14. The first-order valence-electron chi connectivity index (χ1n) is 6.56. The largest absolute Gasteiger partial charge is 0.492 e. The third-order valence-electron chi connectivity index (χ3n) is 2.63. The van der Waals surface area contributed by atoms with E-state index in [1.807, 2.05) is 42.6 Å². The Morgan fingerprint density at radius 2 is 2.19 bits per heavy atom. The molecule has 1 aromatic heterocycles. The minimum absolute atomic E-state index is 0.196. The fourth-order valence-corrected chi connectivity index (χ4v) is 2.50. The molecule has 0 saturated carbocycles. The molecule has 2 aromatic rings. The van der Waals surface area contributed by atoms with Crippen LogP contribution in [0.25, 0.3) is 0 Å². The molecule has 108 valence electrons. The number of amides is 1. The van der Waals surface area contributed by atoms with Crippen LogP contribution in [-0.4, -0.2) is 19.1 Å². The van der Waals surface area contributed by atoms with E-state index >= 15 is 0 Å². The summed E-state index contributed by atoms with van der Waals surface area (Å²) in [6.07, 6.45) is 0. The second-order valence-electron chi connectivity index (χ2n) is 4.05. The van der Waals surface area contributed by atoms with E-state index in [9.17, 15) is 4.79 Å². The zero-order chi connectivity index (χ0) is 15.1. The molecule has 1 aromatic carbocycles. The van der Waals surface area contributed by atoms with E-state index in [0.717, 1.165) is 0 Å². The number of para-hydroxylation sites is 2. The van der Waals surface area contributed by atoms with Gasteiger partial charge < -0.3 is 15.8 Å². The quantitative estimate of drug-likeness (QED) is 0.853. The first-order valence-corrected chi connectivity index (χ1v) is 7.43. The van der Waals surface area contributed by atoms with Crippen molar-refractivity contribution in [1.29, 1.82) is 0 Å². The summed E-state index contributed by atoms with van der Waals surface area (Å²) in [7, 11) is 0. The van der Waals surface area contributed by atoms with Gasteiger partial charge in [0.1, 0.15) is 10.6 Å². The van der Waals surface area contributed by atoms with Crippen molar-refractivity contribution in [3.05, 3.63) is 46.2 Å². The highest BCUT2D eigenvalue weighted by atomic mass is 32.1. The van der Waals surface area contributed by atoms with Crippen LogP contribution in [0.1, 0.15) is 22.2 Å². The zero-order valence-corrected chi connectivity index (χ0v) is 12.5. The molecule has 0 fully saturated rings. The Morgan fingerprint density at radius 3 is 2.95 bits per heavy atom. The summed E-state index contributed by atoms with van der Waals surface area (Å²) in [5, 5.41) is 4.70. The smallest absolute Gasteiger partial charge is 0.267 e. The molecule has 0 atom stereocenters. The number of carbonyl (C=O) groups excluding carboxylic acids is 1. The van der Waals surface area contributed by atoms with Gasteiger partial charge in [-0.15, -0.1) is 11.3 Å². The SMILES string of the molecule is CCOc1ccccc1NC(=O)c1sccc1C#CCN. The lowest BCUT2D eigenvalue weighted by molar-refractivity contribution is 0.103. The van der Waals surface area contributed by atoms with Crippen LogP contribution in [0.15, 0.2) is 35.7 Å². The molecule has 0 aliphatic carbocycles. The molecule has 5 heteroatoms. The molecule has 0 spiro atoms. The van der Waals surface area contributed by atoms with E-state index in [2.05, 4.69) is 17.2 Å². The van der Waals surface area contributed by atoms with E-state index in [-0.39, 0.29) is 12.5 Å². The fraction of sp³-hybridized carbons (Fsp3) is 0.188. The van der Waals surface area contributed by atoms with Crippen molar-refractivity contribution in [3.63, 3.8) is 0 Å². The van der Waals surface area contributed by atoms with Crippen LogP contribution in [0.3, 0.4) is 0 Å². The number of carbonyl (C=O) groups is 1. The van der Waals surface area contributed by atoms with Gasteiger partial charge in [0.15, 0.2) is 0 Å². The third kappa shape index (κ3) is 3.85. The van der Waals surface area contributed by atoms with Crippen LogP contribution in [0, 0.1) is 11.8 Å². The molecule has 3 N–H and O–H groups in total. The van der Waals surface area contributed by atoms with Gasteiger partial charge in [0.2, 0.25) is 0 Å². The summed E-state index contributed by atoms with van der Waals surface area (Å²) in [4.78, 5) is 12.9. The molecular weight excluding hydrogens is 284 g/mol. The second kappa shape index (κ2) is 7.48. The second-order valence-corrected chi connectivity index (χ2v) is 4.97. The summed E-state index contributed by atoms with van der Waals surface area (Å²) in [5.41, 5.74) is 6.70. The minimum atomic E-state index is -0.196. The Bertz CT molecular complexity index is 683. The molecule has 0 aliphatic heterocycles. The number of hydrogen-bond acceptors (Lipinski definition) is 4. The Morgan fingerprint density at radius 1 is 1.38 bits per heavy atom. The maximum Gasteiger partial charge on any atom is 0.267 e. The van der Waals surface area contributed by atoms with Crippen molar-refractivity contribution < 1.29 is 9.53 Å². The average Bonchev–Trinajstić information content (AvgIpc) is 2.96. The number of rotatable bonds is 4. The number of nitrogens with one attached hydrogen (secondary N) is 1. The van der Waals surface area contributed by atoms with Gasteiger partial charge in [-0.3, -0.25) is 4.79 Å². The summed E-state index contributed by atoms with van der Waals surface area (Å²) < 4.78 is 5.49. The van der Waals surface area contributed by atoms with E-state index < -0.39 is 0 Å². The van der Waals surface area contributed by atoms with Crippen molar-refractivity contribution in [2.75, 3.05) is 18.5 Å². The van der Waals surface area contributed by atoms with Gasteiger partial charge in [0, 0.05) is 5.56 Å². The predicted molar refractivity (Wildman–Crippen MR) is 85.8 cm³/mol. The topological polar surface area (TPSA) is 64.3 Å². The number of benzene rings is 1. The van der Waals surface area contributed by atoms with Gasteiger partial charge >= 0.3 is 0 Å². The lowest BCUT2D eigenvalue weighted by atomic mass is 10.2. The lowest BCUT2D eigenvalue weighted by Crippen LogP contribution is -2.12. The van der Waals surface area contributed by atoms with Gasteiger partial charge in [-0.05, 0) is 30.5 Å². The average molecular weight is 300 g/mol. The first kappa shape index (κ1) is 15.1. The summed E-state index contributed by atoms with van der Waals surface area (Å²) in [5.74, 6) is 6.12. The molecule has 4 nitrogen and oxygen atoms in total. The van der Waals surface area contributed by atoms with Crippen LogP contribution in [0.2, 0.25) is 0 Å². The molecule has 1 amide bonds. The third-order valence-corrected chi connectivity index (χ3v) is 3.54. The van der Waals surface area contributed by atoms with Crippen LogP contribution in [-0.2, 0) is 0 Å². The Balaban J connectivity index is 2.21. The van der Waals surface area contributed by atoms with Crippen LogP contribution >= 0.6 is 11.3 Å². The highest BCUT2D eigenvalue weighted by molar-refractivity contribution is 7.12. The molecule has 2 rings (SSSR count). The van der Waals surface area contributed by atoms with Crippen molar-refractivity contribution >= 4 is 22.9 Å². The Hall–Kier alpha value is -2.29. The summed E-state index contributed by atoms with van der Waals surface area (Å²) >= 11 is 1.35. The van der Waals surface area contributed by atoms with E-state index in [4.69, 9.17) is 10.5 Å². The summed E-state index contributed by atoms with van der Waals surface area (Å²) in [6.45, 7) is 2.71. The van der Waals surface area contributed by atoms with Crippen LogP contribution < -0.4 is 15.8 Å². The summed E-state index contributed by atoms with van der Waals surface area (Å²) in [6, 6.07) is 9.16. The number of thiophene rings is 1. The standard InChI is InChI=1S/C16H16N2O2S/c1-2-20-14-8-4-3-7-13(14)18-16(19)15-12(6-5-10-17)9-11-21-15/h3-4,7-9,11H,2,10,17H2,1H3,(H,18,19). The van der Waals surface area contributed by atoms with Gasteiger partial charge in [-0.1, -0.05) is 24.0 Å². The molecule has 0 radical (unpaired) electrons. The number of nitrogens with two attached hydrogens (primary N) is 1. The number of hydrogen-bond donors (Lipinski definition) is 2.